The highest BCUT2D eigenvalue weighted by atomic mass is 16.3. The lowest BCUT2D eigenvalue weighted by Crippen LogP contribution is -2.39. The molecule has 0 aromatic rings. The van der Waals surface area contributed by atoms with Crippen molar-refractivity contribution in [3.05, 3.63) is 0 Å². The monoisotopic (exact) mass is 283 g/mol. The van der Waals surface area contributed by atoms with Crippen molar-refractivity contribution in [2.75, 3.05) is 6.54 Å². The molecule has 0 heterocycles. The van der Waals surface area contributed by atoms with Crippen LogP contribution in [-0.4, -0.2) is 17.8 Å². The van der Waals surface area contributed by atoms with Crippen molar-refractivity contribution < 1.29 is 5.11 Å². The Hall–Kier alpha value is -0.0800. The van der Waals surface area contributed by atoms with E-state index in [1.165, 1.54) is 57.8 Å². The molecule has 0 radical (unpaired) electrons. The zero-order chi connectivity index (χ0) is 14.8. The van der Waals surface area contributed by atoms with Gasteiger partial charge in [0, 0.05) is 12.0 Å². The molecule has 1 rings (SSSR count). The van der Waals surface area contributed by atoms with Gasteiger partial charge in [0.05, 0.1) is 6.10 Å². The van der Waals surface area contributed by atoms with Crippen LogP contribution in [0, 0.1) is 11.3 Å². The summed E-state index contributed by atoms with van der Waals surface area (Å²) in [5, 5.41) is 10.6. The van der Waals surface area contributed by atoms with E-state index in [4.69, 9.17) is 5.73 Å². The van der Waals surface area contributed by atoms with Gasteiger partial charge in [-0.2, -0.15) is 0 Å². The lowest BCUT2D eigenvalue weighted by molar-refractivity contribution is 0.0231. The molecule has 3 unspecified atom stereocenters. The Kier molecular flexibility index (Phi) is 8.79. The smallest absolute Gasteiger partial charge is 0.0608 e. The summed E-state index contributed by atoms with van der Waals surface area (Å²) < 4.78 is 0. The third-order valence-corrected chi connectivity index (χ3v) is 5.52. The Bertz CT molecular complexity index is 244. The average Bonchev–Trinajstić information content (AvgIpc) is 2.91. The van der Waals surface area contributed by atoms with Gasteiger partial charge in [-0.1, -0.05) is 65.2 Å². The molecule has 0 aliphatic heterocycles. The van der Waals surface area contributed by atoms with Crippen LogP contribution in [0.2, 0.25) is 0 Å². The quantitative estimate of drug-likeness (QED) is 0.542. The minimum atomic E-state index is -0.167. The molecule has 1 fully saturated rings. The summed E-state index contributed by atoms with van der Waals surface area (Å²) >= 11 is 0. The number of hydrogen-bond acceptors (Lipinski definition) is 2. The van der Waals surface area contributed by atoms with Crippen molar-refractivity contribution in [2.45, 2.75) is 97.0 Å². The average molecular weight is 284 g/mol. The molecule has 1 saturated carbocycles. The highest BCUT2D eigenvalue weighted by molar-refractivity contribution is 4.94. The van der Waals surface area contributed by atoms with E-state index < -0.39 is 0 Å². The molecule has 0 bridgehead atoms. The van der Waals surface area contributed by atoms with E-state index in [0.29, 0.717) is 6.54 Å². The van der Waals surface area contributed by atoms with Gasteiger partial charge in [-0.15, -0.1) is 0 Å². The molecule has 1 aliphatic carbocycles. The Morgan fingerprint density at radius 3 is 2.30 bits per heavy atom. The fourth-order valence-electron chi connectivity index (χ4n) is 3.84. The van der Waals surface area contributed by atoms with Gasteiger partial charge in [0.1, 0.15) is 0 Å². The van der Waals surface area contributed by atoms with Gasteiger partial charge in [-0.25, -0.2) is 0 Å². The Morgan fingerprint density at radius 2 is 1.75 bits per heavy atom. The molecule has 0 saturated heterocycles. The third-order valence-electron chi connectivity index (χ3n) is 5.52. The van der Waals surface area contributed by atoms with Crippen molar-refractivity contribution in [2.24, 2.45) is 17.1 Å². The largest absolute Gasteiger partial charge is 0.393 e. The van der Waals surface area contributed by atoms with Crippen LogP contribution in [0.1, 0.15) is 90.9 Å². The van der Waals surface area contributed by atoms with Gasteiger partial charge in [0.25, 0.3) is 0 Å². The Balaban J connectivity index is 2.19. The first-order valence-electron chi connectivity index (χ1n) is 9.06. The highest BCUT2D eigenvalue weighted by Crippen LogP contribution is 2.46. The SMILES string of the molecule is CCCCCCCCCC(O)C1(CN)CCC(CC)C1. The van der Waals surface area contributed by atoms with Crippen LogP contribution in [0.25, 0.3) is 0 Å². The maximum absolute atomic E-state index is 10.6. The summed E-state index contributed by atoms with van der Waals surface area (Å²) in [5.41, 5.74) is 6.06. The van der Waals surface area contributed by atoms with Crippen molar-refractivity contribution in [3.63, 3.8) is 0 Å². The molecule has 1 aliphatic rings. The van der Waals surface area contributed by atoms with Gasteiger partial charge < -0.3 is 10.8 Å². The van der Waals surface area contributed by atoms with Gasteiger partial charge in [-0.05, 0) is 31.6 Å². The highest BCUT2D eigenvalue weighted by Gasteiger charge is 2.42. The van der Waals surface area contributed by atoms with E-state index in [1.54, 1.807) is 0 Å². The van der Waals surface area contributed by atoms with Crippen molar-refractivity contribution >= 4 is 0 Å². The van der Waals surface area contributed by atoms with E-state index in [-0.39, 0.29) is 11.5 Å². The molecular weight excluding hydrogens is 246 g/mol. The molecule has 0 spiro atoms. The third kappa shape index (κ3) is 5.37. The van der Waals surface area contributed by atoms with Crippen LogP contribution >= 0.6 is 0 Å². The second kappa shape index (κ2) is 9.78. The van der Waals surface area contributed by atoms with E-state index in [2.05, 4.69) is 13.8 Å². The fraction of sp³-hybridized carbons (Fsp3) is 1.00. The zero-order valence-corrected chi connectivity index (χ0v) is 13.9. The van der Waals surface area contributed by atoms with Crippen LogP contribution in [0.4, 0.5) is 0 Å². The summed E-state index contributed by atoms with van der Waals surface area (Å²) in [6.07, 6.45) is 14.8. The number of rotatable bonds is 11. The molecule has 2 heteroatoms. The number of nitrogens with two attached hydrogens (primary N) is 1. The Morgan fingerprint density at radius 1 is 1.10 bits per heavy atom. The van der Waals surface area contributed by atoms with Crippen molar-refractivity contribution in [1.82, 2.24) is 0 Å². The first-order valence-corrected chi connectivity index (χ1v) is 9.06. The fourth-order valence-corrected chi connectivity index (χ4v) is 3.84. The maximum atomic E-state index is 10.6. The summed E-state index contributed by atoms with van der Waals surface area (Å²) in [5.74, 6) is 0.794. The first kappa shape index (κ1) is 18.0. The second-order valence-electron chi connectivity index (χ2n) is 7.01. The van der Waals surface area contributed by atoms with Crippen LogP contribution in [0.3, 0.4) is 0 Å². The van der Waals surface area contributed by atoms with Gasteiger partial charge in [0.2, 0.25) is 0 Å². The minimum absolute atomic E-state index is 0.0445. The molecule has 3 atom stereocenters. The van der Waals surface area contributed by atoms with E-state index in [9.17, 15) is 5.11 Å². The topological polar surface area (TPSA) is 46.2 Å². The summed E-state index contributed by atoms with van der Waals surface area (Å²) in [6, 6.07) is 0. The first-order chi connectivity index (χ1) is 9.68. The minimum Gasteiger partial charge on any atom is -0.393 e. The lowest BCUT2D eigenvalue weighted by Gasteiger charge is -2.33. The molecule has 2 nitrogen and oxygen atoms in total. The summed E-state index contributed by atoms with van der Waals surface area (Å²) in [7, 11) is 0. The molecule has 0 amide bonds. The molecule has 3 N–H and O–H groups in total. The summed E-state index contributed by atoms with van der Waals surface area (Å²) in [6.45, 7) is 5.19. The molecule has 120 valence electrons. The summed E-state index contributed by atoms with van der Waals surface area (Å²) in [4.78, 5) is 0. The van der Waals surface area contributed by atoms with Crippen LogP contribution in [0.5, 0.6) is 0 Å². The maximum Gasteiger partial charge on any atom is 0.0608 e. The predicted molar refractivity (Wildman–Crippen MR) is 87.7 cm³/mol. The number of unbranched alkanes of at least 4 members (excludes halogenated alkanes) is 6. The van der Waals surface area contributed by atoms with Gasteiger partial charge >= 0.3 is 0 Å². The molecule has 0 aromatic heterocycles. The lowest BCUT2D eigenvalue weighted by atomic mass is 9.77. The van der Waals surface area contributed by atoms with E-state index >= 15 is 0 Å². The van der Waals surface area contributed by atoms with Crippen molar-refractivity contribution in [1.29, 1.82) is 0 Å². The second-order valence-corrected chi connectivity index (χ2v) is 7.01. The Labute approximate surface area is 126 Å². The standard InChI is InChI=1S/C18H37NO/c1-3-5-6-7-8-9-10-11-17(20)18(15-19)13-12-16(4-2)14-18/h16-17,20H,3-15,19H2,1-2H3. The van der Waals surface area contributed by atoms with Gasteiger partial charge in [0.15, 0.2) is 0 Å². The normalized spacial score (nSPS) is 27.9. The van der Waals surface area contributed by atoms with E-state index in [1.807, 2.05) is 0 Å². The van der Waals surface area contributed by atoms with E-state index in [0.717, 1.165) is 25.2 Å². The van der Waals surface area contributed by atoms with Crippen LogP contribution < -0.4 is 5.73 Å². The molecule has 0 aromatic carbocycles. The molecular formula is C18H37NO. The van der Waals surface area contributed by atoms with Crippen molar-refractivity contribution in [3.8, 4) is 0 Å². The van der Waals surface area contributed by atoms with Crippen LogP contribution in [0.15, 0.2) is 0 Å². The predicted octanol–water partition coefficient (Wildman–Crippen LogP) is 4.64. The van der Waals surface area contributed by atoms with Crippen LogP contribution in [-0.2, 0) is 0 Å². The number of aliphatic hydroxyl groups is 1. The number of hydrogen-bond donors (Lipinski definition) is 2. The molecule has 20 heavy (non-hydrogen) atoms. The zero-order valence-electron chi connectivity index (χ0n) is 13.9. The number of aliphatic hydroxyl groups excluding tert-OH is 1. The van der Waals surface area contributed by atoms with Gasteiger partial charge in [-0.3, -0.25) is 0 Å².